The fraction of sp³-hybridized carbons (Fsp3) is 0.769. The fourth-order valence-corrected chi connectivity index (χ4v) is 1.96. The normalized spacial score (nSPS) is 22.8. The Bertz CT molecular complexity index is 437. The minimum absolute atomic E-state index is 0.0233. The van der Waals surface area contributed by atoms with E-state index in [1.54, 1.807) is 34.6 Å². The van der Waals surface area contributed by atoms with Gasteiger partial charge in [-0.3, -0.25) is 15.0 Å². The van der Waals surface area contributed by atoms with Gasteiger partial charge < -0.3 is 9.47 Å². The molecule has 1 saturated heterocycles. The summed E-state index contributed by atoms with van der Waals surface area (Å²) in [5.74, 6) is 0. The molecule has 0 bridgehead atoms. The lowest BCUT2D eigenvalue weighted by Crippen LogP contribution is -2.49. The quantitative estimate of drug-likeness (QED) is 0.575. The van der Waals surface area contributed by atoms with E-state index in [9.17, 15) is 14.9 Å². The first-order valence-corrected chi connectivity index (χ1v) is 6.43. The second kappa shape index (κ2) is 5.40. The maximum Gasteiger partial charge on any atom is 0.413 e. The summed E-state index contributed by atoms with van der Waals surface area (Å²) in [4.78, 5) is 23.9. The van der Waals surface area contributed by atoms with Crippen molar-refractivity contribution in [3.8, 4) is 0 Å². The molecular formula is C13H22N2O5. The molecule has 0 unspecified atom stereocenters. The maximum atomic E-state index is 12.3. The molecule has 20 heavy (non-hydrogen) atoms. The summed E-state index contributed by atoms with van der Waals surface area (Å²) in [7, 11) is 0. The van der Waals surface area contributed by atoms with Gasteiger partial charge in [0.25, 0.3) is 0 Å². The third kappa shape index (κ3) is 3.93. The van der Waals surface area contributed by atoms with Gasteiger partial charge in [-0.1, -0.05) is 0 Å². The monoisotopic (exact) mass is 286 g/mol. The van der Waals surface area contributed by atoms with Gasteiger partial charge in [-0.05, 0) is 34.6 Å². The van der Waals surface area contributed by atoms with Gasteiger partial charge in [0.1, 0.15) is 11.3 Å². The second-order valence-electron chi connectivity index (χ2n) is 6.24. The molecule has 1 heterocycles. The molecule has 0 aliphatic carbocycles. The van der Waals surface area contributed by atoms with Crippen molar-refractivity contribution in [2.45, 2.75) is 58.9 Å². The summed E-state index contributed by atoms with van der Waals surface area (Å²) in [6.45, 7) is 10.3. The van der Waals surface area contributed by atoms with Crippen LogP contribution in [0.15, 0.2) is 11.8 Å². The van der Waals surface area contributed by atoms with E-state index in [0.29, 0.717) is 0 Å². The highest BCUT2D eigenvalue weighted by Crippen LogP contribution is 2.30. The highest BCUT2D eigenvalue weighted by Gasteiger charge is 2.45. The minimum atomic E-state index is -0.861. The third-order valence-corrected chi connectivity index (χ3v) is 2.83. The number of hydrogen-bond acceptors (Lipinski definition) is 5. The minimum Gasteiger partial charge on any atom is -0.444 e. The molecule has 0 N–H and O–H groups in total. The lowest BCUT2D eigenvalue weighted by atomic mass is 10.2. The summed E-state index contributed by atoms with van der Waals surface area (Å²) < 4.78 is 10.9. The van der Waals surface area contributed by atoms with Gasteiger partial charge in [0, 0.05) is 13.0 Å². The number of allylic oxidation sites excluding steroid dienone is 1. The molecular weight excluding hydrogens is 264 g/mol. The Hall–Kier alpha value is -1.63. The Morgan fingerprint density at radius 3 is 2.50 bits per heavy atom. The summed E-state index contributed by atoms with van der Waals surface area (Å²) in [5.41, 5.74) is -1.52. The zero-order valence-electron chi connectivity index (χ0n) is 12.8. The Balaban J connectivity index is 3.00. The van der Waals surface area contributed by atoms with E-state index in [-0.39, 0.29) is 12.3 Å². The first-order chi connectivity index (χ1) is 8.94. The molecule has 0 aromatic carbocycles. The van der Waals surface area contributed by atoms with Crippen LogP contribution in [-0.4, -0.2) is 39.9 Å². The van der Waals surface area contributed by atoms with Crippen LogP contribution < -0.4 is 0 Å². The van der Waals surface area contributed by atoms with Crippen LogP contribution in [0, 0.1) is 10.1 Å². The molecule has 0 aromatic heterocycles. The number of carbonyl (C=O) groups is 1. The highest BCUT2D eigenvalue weighted by atomic mass is 16.6. The van der Waals surface area contributed by atoms with E-state index in [4.69, 9.17) is 9.47 Å². The molecule has 114 valence electrons. The standard InChI is InChI=1S/C13H22N2O5/c1-9(15(17)18)7-10-8-19-13(5,6)14(10)11(16)20-12(2,3)4/h7,10H,8H2,1-6H3/b9-7+/t10-/m1/s1. The Morgan fingerprint density at radius 2 is 2.05 bits per heavy atom. The first-order valence-electron chi connectivity index (χ1n) is 6.43. The number of carbonyl (C=O) groups excluding carboxylic acids is 1. The van der Waals surface area contributed by atoms with Gasteiger partial charge in [0.05, 0.1) is 17.6 Å². The summed E-state index contributed by atoms with van der Waals surface area (Å²) >= 11 is 0. The van der Waals surface area contributed by atoms with E-state index in [0.717, 1.165) is 0 Å². The van der Waals surface area contributed by atoms with Crippen LogP contribution >= 0.6 is 0 Å². The molecule has 1 aliphatic heterocycles. The molecule has 7 nitrogen and oxygen atoms in total. The number of ether oxygens (including phenoxy) is 2. The van der Waals surface area contributed by atoms with Gasteiger partial charge >= 0.3 is 6.09 Å². The molecule has 1 aliphatic rings. The Morgan fingerprint density at radius 1 is 1.50 bits per heavy atom. The maximum absolute atomic E-state index is 12.3. The van der Waals surface area contributed by atoms with Crippen LogP contribution in [0.5, 0.6) is 0 Å². The Labute approximate surface area is 118 Å². The SMILES string of the molecule is C/C(=C\[C@@H]1COC(C)(C)N1C(=O)OC(C)(C)C)[N+](=O)[O-]. The molecule has 7 heteroatoms. The smallest absolute Gasteiger partial charge is 0.413 e. The molecule has 0 radical (unpaired) electrons. The van der Waals surface area contributed by atoms with Crippen LogP contribution in [0.2, 0.25) is 0 Å². The van der Waals surface area contributed by atoms with Gasteiger partial charge in [0.2, 0.25) is 5.70 Å². The molecule has 0 spiro atoms. The zero-order valence-corrected chi connectivity index (χ0v) is 12.8. The van der Waals surface area contributed by atoms with Crippen LogP contribution in [-0.2, 0) is 9.47 Å². The second-order valence-corrected chi connectivity index (χ2v) is 6.24. The van der Waals surface area contributed by atoms with Gasteiger partial charge in [-0.15, -0.1) is 0 Å². The van der Waals surface area contributed by atoms with Crippen molar-refractivity contribution in [2.75, 3.05) is 6.61 Å². The van der Waals surface area contributed by atoms with Crippen molar-refractivity contribution in [2.24, 2.45) is 0 Å². The van der Waals surface area contributed by atoms with E-state index in [1.807, 2.05) is 0 Å². The third-order valence-electron chi connectivity index (χ3n) is 2.83. The molecule has 1 fully saturated rings. The summed E-state index contributed by atoms with van der Waals surface area (Å²) in [6, 6.07) is -0.509. The van der Waals surface area contributed by atoms with Gasteiger partial charge in [0.15, 0.2) is 0 Å². The van der Waals surface area contributed by atoms with E-state index >= 15 is 0 Å². The molecule has 1 rings (SSSR count). The van der Waals surface area contributed by atoms with Gasteiger partial charge in [-0.2, -0.15) is 0 Å². The van der Waals surface area contributed by atoms with E-state index < -0.39 is 28.4 Å². The van der Waals surface area contributed by atoms with E-state index in [2.05, 4.69) is 0 Å². The van der Waals surface area contributed by atoms with E-state index in [1.165, 1.54) is 17.9 Å². The predicted octanol–water partition coefficient (Wildman–Crippen LogP) is 2.54. The molecule has 1 amide bonds. The summed E-state index contributed by atoms with van der Waals surface area (Å²) in [5, 5.41) is 10.7. The zero-order chi connectivity index (χ0) is 15.7. The van der Waals surface area contributed by atoms with Crippen molar-refractivity contribution < 1.29 is 19.2 Å². The number of nitrogens with zero attached hydrogens (tertiary/aromatic N) is 2. The van der Waals surface area contributed by atoms with Crippen molar-refractivity contribution in [3.63, 3.8) is 0 Å². The van der Waals surface area contributed by atoms with Crippen LogP contribution in [0.1, 0.15) is 41.5 Å². The van der Waals surface area contributed by atoms with Crippen LogP contribution in [0.4, 0.5) is 4.79 Å². The fourth-order valence-electron chi connectivity index (χ4n) is 1.96. The largest absolute Gasteiger partial charge is 0.444 e. The number of nitro groups is 1. The number of rotatable bonds is 2. The molecule has 0 aromatic rings. The van der Waals surface area contributed by atoms with Crippen molar-refractivity contribution in [3.05, 3.63) is 21.9 Å². The highest BCUT2D eigenvalue weighted by molar-refractivity contribution is 5.70. The molecule has 0 saturated carbocycles. The number of hydrogen-bond donors (Lipinski definition) is 0. The topological polar surface area (TPSA) is 81.9 Å². The van der Waals surface area contributed by atoms with Crippen molar-refractivity contribution in [1.29, 1.82) is 0 Å². The van der Waals surface area contributed by atoms with Crippen molar-refractivity contribution >= 4 is 6.09 Å². The number of amides is 1. The average Bonchev–Trinajstić information content (AvgIpc) is 2.51. The van der Waals surface area contributed by atoms with Crippen LogP contribution in [0.3, 0.4) is 0 Å². The average molecular weight is 286 g/mol. The summed E-state index contributed by atoms with van der Waals surface area (Å²) in [6.07, 6.45) is 0.871. The van der Waals surface area contributed by atoms with Crippen molar-refractivity contribution in [1.82, 2.24) is 4.90 Å². The molecule has 1 atom stereocenters. The Kier molecular flexibility index (Phi) is 4.43. The lowest BCUT2D eigenvalue weighted by molar-refractivity contribution is -0.424. The van der Waals surface area contributed by atoms with Crippen LogP contribution in [0.25, 0.3) is 0 Å². The first kappa shape index (κ1) is 16.4. The predicted molar refractivity (Wildman–Crippen MR) is 72.6 cm³/mol. The van der Waals surface area contributed by atoms with Gasteiger partial charge in [-0.25, -0.2) is 4.79 Å². The lowest BCUT2D eigenvalue weighted by Gasteiger charge is -2.34.